The van der Waals surface area contributed by atoms with Crippen LogP contribution in [-0.2, 0) is 0 Å². The van der Waals surface area contributed by atoms with E-state index in [9.17, 15) is 0 Å². The summed E-state index contributed by atoms with van der Waals surface area (Å²) in [5.41, 5.74) is 3.21. The van der Waals surface area contributed by atoms with Gasteiger partial charge in [0.25, 0.3) is 0 Å². The molecule has 2 rings (SSSR count). The summed E-state index contributed by atoms with van der Waals surface area (Å²) in [6.07, 6.45) is 5.66. The molecule has 0 saturated carbocycles. The molecule has 0 unspecified atom stereocenters. The maximum Gasteiger partial charge on any atom is 0.0857 e. The van der Waals surface area contributed by atoms with Crippen LogP contribution in [0.4, 0.5) is 5.69 Å². The van der Waals surface area contributed by atoms with E-state index in [4.69, 9.17) is 0 Å². The van der Waals surface area contributed by atoms with Crippen LogP contribution in [0.1, 0.15) is 11.3 Å². The van der Waals surface area contributed by atoms with Gasteiger partial charge in [-0.15, -0.1) is 0 Å². The number of benzene rings is 1. The van der Waals surface area contributed by atoms with Crippen LogP contribution in [-0.4, -0.2) is 24.3 Å². The zero-order valence-corrected chi connectivity index (χ0v) is 10.0. The lowest BCUT2D eigenvalue weighted by molar-refractivity contribution is 1.02. The van der Waals surface area contributed by atoms with Crippen LogP contribution in [0.25, 0.3) is 12.2 Å². The lowest BCUT2D eigenvalue weighted by Gasteiger charge is -2.11. The first-order valence-electron chi connectivity index (χ1n) is 5.49. The molecule has 0 amide bonds. The van der Waals surface area contributed by atoms with E-state index in [1.54, 1.807) is 6.20 Å². The molecule has 86 valence electrons. The summed E-state index contributed by atoms with van der Waals surface area (Å²) in [7, 11) is 4.06. The molecular weight excluding hydrogens is 210 g/mol. The van der Waals surface area contributed by atoms with Crippen molar-refractivity contribution in [3.8, 4) is 0 Å². The van der Waals surface area contributed by atoms with Gasteiger partial charge in [0, 0.05) is 26.0 Å². The van der Waals surface area contributed by atoms with E-state index in [1.165, 1.54) is 5.69 Å². The van der Waals surface area contributed by atoms with Crippen molar-refractivity contribution in [2.45, 2.75) is 0 Å². The summed E-state index contributed by atoms with van der Waals surface area (Å²) in [4.78, 5) is 2.08. The minimum absolute atomic E-state index is 0.865. The van der Waals surface area contributed by atoms with Crippen molar-refractivity contribution >= 4 is 17.8 Å². The maximum atomic E-state index is 3.99. The fourth-order valence-electron chi connectivity index (χ4n) is 1.47. The van der Waals surface area contributed by atoms with Crippen LogP contribution in [0, 0.1) is 0 Å². The minimum atomic E-state index is 0.865. The zero-order valence-electron chi connectivity index (χ0n) is 10.0. The van der Waals surface area contributed by atoms with E-state index in [0.29, 0.717) is 0 Å². The van der Waals surface area contributed by atoms with Gasteiger partial charge in [-0.1, -0.05) is 18.2 Å². The van der Waals surface area contributed by atoms with Crippen LogP contribution in [0.5, 0.6) is 0 Å². The molecule has 0 spiro atoms. The second-order valence-electron chi connectivity index (χ2n) is 3.97. The van der Waals surface area contributed by atoms with Crippen LogP contribution in [0.3, 0.4) is 0 Å². The molecule has 0 aliphatic rings. The molecule has 17 heavy (non-hydrogen) atoms. The molecule has 2 aromatic rings. The van der Waals surface area contributed by atoms with E-state index in [2.05, 4.69) is 39.4 Å². The molecule has 0 aliphatic carbocycles. The molecule has 0 fully saturated rings. The molecule has 1 aromatic heterocycles. The molecule has 0 N–H and O–H groups in total. The fourth-order valence-corrected chi connectivity index (χ4v) is 1.47. The normalized spacial score (nSPS) is 10.7. The van der Waals surface area contributed by atoms with Gasteiger partial charge in [-0.3, -0.25) is 0 Å². The summed E-state index contributed by atoms with van der Waals surface area (Å²) in [5, 5.41) is 7.82. The topological polar surface area (TPSA) is 29.0 Å². The van der Waals surface area contributed by atoms with Gasteiger partial charge >= 0.3 is 0 Å². The molecule has 1 aromatic carbocycles. The van der Waals surface area contributed by atoms with E-state index in [-0.39, 0.29) is 0 Å². The van der Waals surface area contributed by atoms with Crippen LogP contribution in [0.15, 0.2) is 42.6 Å². The van der Waals surface area contributed by atoms with Gasteiger partial charge in [0.15, 0.2) is 0 Å². The monoisotopic (exact) mass is 225 g/mol. The Morgan fingerprint density at radius 2 is 1.76 bits per heavy atom. The molecule has 3 nitrogen and oxygen atoms in total. The van der Waals surface area contributed by atoms with Crippen molar-refractivity contribution < 1.29 is 0 Å². The Kier molecular flexibility index (Phi) is 3.50. The van der Waals surface area contributed by atoms with Gasteiger partial charge in [-0.25, -0.2) is 0 Å². The number of hydrogen-bond donors (Lipinski definition) is 0. The van der Waals surface area contributed by atoms with Gasteiger partial charge < -0.3 is 4.90 Å². The molecule has 3 heteroatoms. The van der Waals surface area contributed by atoms with Crippen molar-refractivity contribution in [2.24, 2.45) is 0 Å². The predicted octanol–water partition coefficient (Wildman–Crippen LogP) is 2.71. The highest BCUT2D eigenvalue weighted by molar-refractivity contribution is 5.68. The van der Waals surface area contributed by atoms with Gasteiger partial charge in [0.05, 0.1) is 5.69 Å². The van der Waals surface area contributed by atoms with Crippen molar-refractivity contribution in [1.29, 1.82) is 0 Å². The van der Waals surface area contributed by atoms with Crippen LogP contribution < -0.4 is 4.90 Å². The highest BCUT2D eigenvalue weighted by Crippen LogP contribution is 2.13. The van der Waals surface area contributed by atoms with Gasteiger partial charge in [0.1, 0.15) is 0 Å². The minimum Gasteiger partial charge on any atom is -0.378 e. The largest absolute Gasteiger partial charge is 0.378 e. The molecule has 0 saturated heterocycles. The average molecular weight is 225 g/mol. The van der Waals surface area contributed by atoms with E-state index in [0.717, 1.165) is 11.3 Å². The van der Waals surface area contributed by atoms with Gasteiger partial charge in [-0.05, 0) is 35.9 Å². The van der Waals surface area contributed by atoms with E-state index >= 15 is 0 Å². The highest BCUT2D eigenvalue weighted by Gasteiger charge is 1.93. The SMILES string of the molecule is CN(C)c1ccc(/C=C/c2cccnn2)cc1. The lowest BCUT2D eigenvalue weighted by Crippen LogP contribution is -2.07. The Balaban J connectivity index is 2.12. The Labute approximate surface area is 101 Å². The van der Waals surface area contributed by atoms with Crippen LogP contribution >= 0.6 is 0 Å². The number of anilines is 1. The molecular formula is C14H15N3. The molecule has 0 aliphatic heterocycles. The second-order valence-corrected chi connectivity index (χ2v) is 3.97. The highest BCUT2D eigenvalue weighted by atomic mass is 15.1. The summed E-state index contributed by atoms with van der Waals surface area (Å²) < 4.78 is 0. The predicted molar refractivity (Wildman–Crippen MR) is 71.7 cm³/mol. The third kappa shape index (κ3) is 3.14. The lowest BCUT2D eigenvalue weighted by atomic mass is 10.2. The average Bonchev–Trinajstić information content (AvgIpc) is 2.38. The smallest absolute Gasteiger partial charge is 0.0857 e. The molecule has 1 heterocycles. The Hall–Kier alpha value is -2.16. The first kappa shape index (κ1) is 11.3. The third-order valence-corrected chi connectivity index (χ3v) is 2.45. The fraction of sp³-hybridized carbons (Fsp3) is 0.143. The zero-order chi connectivity index (χ0) is 12.1. The first-order chi connectivity index (χ1) is 8.25. The Morgan fingerprint density at radius 3 is 2.35 bits per heavy atom. The first-order valence-corrected chi connectivity index (χ1v) is 5.49. The standard InChI is InChI=1S/C14H15N3/c1-17(2)14-9-6-12(7-10-14)5-8-13-4-3-11-15-16-13/h3-11H,1-2H3/b8-5+. The van der Waals surface area contributed by atoms with Crippen molar-refractivity contribution in [3.63, 3.8) is 0 Å². The Morgan fingerprint density at radius 1 is 1.00 bits per heavy atom. The van der Waals surface area contributed by atoms with Crippen molar-refractivity contribution in [1.82, 2.24) is 10.2 Å². The number of rotatable bonds is 3. The van der Waals surface area contributed by atoms with E-state index in [1.807, 2.05) is 38.4 Å². The summed E-state index contributed by atoms with van der Waals surface area (Å²) in [6, 6.07) is 12.2. The number of hydrogen-bond acceptors (Lipinski definition) is 3. The van der Waals surface area contributed by atoms with Crippen molar-refractivity contribution in [3.05, 3.63) is 53.9 Å². The molecule has 0 atom stereocenters. The van der Waals surface area contributed by atoms with Gasteiger partial charge in [0.2, 0.25) is 0 Å². The molecule has 0 bridgehead atoms. The third-order valence-electron chi connectivity index (χ3n) is 2.45. The van der Waals surface area contributed by atoms with Crippen LogP contribution in [0.2, 0.25) is 0 Å². The number of aromatic nitrogens is 2. The Bertz CT molecular complexity index is 487. The maximum absolute atomic E-state index is 3.99. The van der Waals surface area contributed by atoms with Crippen molar-refractivity contribution in [2.75, 3.05) is 19.0 Å². The van der Waals surface area contributed by atoms with E-state index < -0.39 is 0 Å². The molecule has 0 radical (unpaired) electrons. The number of nitrogens with zero attached hydrogens (tertiary/aromatic N) is 3. The quantitative estimate of drug-likeness (QED) is 0.804. The summed E-state index contributed by atoms with van der Waals surface area (Å²) in [6.45, 7) is 0. The summed E-state index contributed by atoms with van der Waals surface area (Å²) in [5.74, 6) is 0. The second kappa shape index (κ2) is 5.25. The summed E-state index contributed by atoms with van der Waals surface area (Å²) >= 11 is 0. The van der Waals surface area contributed by atoms with Gasteiger partial charge in [-0.2, -0.15) is 10.2 Å².